The minimum Gasteiger partial charge on any atom is -0.384 e. The lowest BCUT2D eigenvalue weighted by atomic mass is 10.2. The van der Waals surface area contributed by atoms with Crippen LogP contribution in [0.1, 0.15) is 52.9 Å². The van der Waals surface area contributed by atoms with Crippen LogP contribution in [-0.4, -0.2) is 25.9 Å². The summed E-state index contributed by atoms with van der Waals surface area (Å²) in [6.07, 6.45) is 9.34. The van der Waals surface area contributed by atoms with Gasteiger partial charge in [0.25, 0.3) is 5.56 Å². The van der Waals surface area contributed by atoms with E-state index in [2.05, 4.69) is 35.9 Å². The van der Waals surface area contributed by atoms with Crippen molar-refractivity contribution in [3.05, 3.63) is 22.7 Å². The van der Waals surface area contributed by atoms with Gasteiger partial charge in [-0.1, -0.05) is 33.6 Å². The molecule has 0 saturated heterocycles. The molecule has 0 atom stereocenters. The number of rotatable bonds is 9. The van der Waals surface area contributed by atoms with Gasteiger partial charge in [-0.05, 0) is 19.3 Å². The second-order valence-corrected chi connectivity index (χ2v) is 6.67. The molecule has 0 bridgehead atoms. The zero-order valence-electron chi connectivity index (χ0n) is 15.6. The third-order valence-corrected chi connectivity index (χ3v) is 4.62. The number of aromatic amines is 1. The molecule has 0 fully saturated rings. The van der Waals surface area contributed by atoms with Crippen molar-refractivity contribution in [3.8, 4) is 0 Å². The average Bonchev–Trinajstić information content (AvgIpc) is 3.15. The van der Waals surface area contributed by atoms with Crippen LogP contribution in [0.3, 0.4) is 0 Å². The van der Waals surface area contributed by atoms with E-state index < -0.39 is 0 Å². The highest BCUT2D eigenvalue weighted by atomic mass is 16.1. The maximum Gasteiger partial charge on any atom is 0.262 e. The predicted octanol–water partition coefficient (Wildman–Crippen LogP) is 4.10. The Labute approximate surface area is 148 Å². The van der Waals surface area contributed by atoms with Crippen molar-refractivity contribution in [1.82, 2.24) is 19.3 Å². The van der Waals surface area contributed by atoms with Crippen LogP contribution in [0.5, 0.6) is 0 Å². The van der Waals surface area contributed by atoms with E-state index in [4.69, 9.17) is 4.98 Å². The maximum absolute atomic E-state index is 12.8. The summed E-state index contributed by atoms with van der Waals surface area (Å²) in [5.74, 6) is 0. The molecule has 0 unspecified atom stereocenters. The van der Waals surface area contributed by atoms with Crippen molar-refractivity contribution in [1.29, 1.82) is 0 Å². The molecule has 6 heteroatoms. The van der Waals surface area contributed by atoms with E-state index in [1.54, 1.807) is 4.57 Å². The summed E-state index contributed by atoms with van der Waals surface area (Å²) in [5.41, 5.74) is 2.69. The zero-order valence-corrected chi connectivity index (χ0v) is 15.6. The first-order valence-corrected chi connectivity index (χ1v) is 9.55. The molecule has 0 amide bonds. The summed E-state index contributed by atoms with van der Waals surface area (Å²) in [6.45, 7) is 8.91. The fourth-order valence-corrected chi connectivity index (χ4v) is 3.34. The third kappa shape index (κ3) is 3.30. The molecule has 0 aromatic carbocycles. The minimum absolute atomic E-state index is 0.0589. The van der Waals surface area contributed by atoms with Gasteiger partial charge in [-0.25, -0.2) is 4.98 Å². The molecule has 0 saturated carbocycles. The Bertz CT molecular complexity index is 902. The molecule has 0 spiro atoms. The summed E-state index contributed by atoms with van der Waals surface area (Å²) >= 11 is 0. The number of pyridine rings is 1. The van der Waals surface area contributed by atoms with Gasteiger partial charge in [0, 0.05) is 32.0 Å². The highest BCUT2D eigenvalue weighted by Gasteiger charge is 2.18. The molecule has 3 aromatic heterocycles. The first-order valence-electron chi connectivity index (χ1n) is 9.55. The first-order chi connectivity index (χ1) is 12.2. The standard InChI is InChI=1S/C19H29N5O/c1-4-7-8-11-24-18-14(12-21-24)17(20-9-5-2)16-15(22-18)13-23(10-6-3)19(16)25/h12-13,20-21H,4-11H2,1-3H3. The van der Waals surface area contributed by atoms with Gasteiger partial charge in [0.15, 0.2) is 5.65 Å². The van der Waals surface area contributed by atoms with Gasteiger partial charge in [0.1, 0.15) is 0 Å². The van der Waals surface area contributed by atoms with Gasteiger partial charge in [-0.2, -0.15) is 0 Å². The van der Waals surface area contributed by atoms with Crippen molar-refractivity contribution >= 4 is 27.6 Å². The van der Waals surface area contributed by atoms with Crippen molar-refractivity contribution in [2.45, 2.75) is 66.0 Å². The van der Waals surface area contributed by atoms with Crippen LogP contribution in [0, 0.1) is 0 Å². The monoisotopic (exact) mass is 343 g/mol. The van der Waals surface area contributed by atoms with Crippen molar-refractivity contribution in [2.24, 2.45) is 0 Å². The van der Waals surface area contributed by atoms with Crippen LogP contribution in [-0.2, 0) is 13.1 Å². The molecule has 0 radical (unpaired) electrons. The summed E-state index contributed by atoms with van der Waals surface area (Å²) in [4.78, 5) is 17.6. The molecule has 0 aliphatic heterocycles. The van der Waals surface area contributed by atoms with Gasteiger partial charge in [-0.3, -0.25) is 9.48 Å². The number of nitrogens with zero attached hydrogens (tertiary/aromatic N) is 3. The third-order valence-electron chi connectivity index (χ3n) is 4.62. The van der Waals surface area contributed by atoms with Crippen LogP contribution < -0.4 is 10.9 Å². The first kappa shape index (κ1) is 17.6. The molecule has 3 aromatic rings. The van der Waals surface area contributed by atoms with Crippen LogP contribution in [0.4, 0.5) is 5.69 Å². The summed E-state index contributed by atoms with van der Waals surface area (Å²) in [6, 6.07) is 0. The second-order valence-electron chi connectivity index (χ2n) is 6.67. The van der Waals surface area contributed by atoms with Crippen LogP contribution in [0.15, 0.2) is 17.2 Å². The fraction of sp³-hybridized carbons (Fsp3) is 0.579. The number of aryl methyl sites for hydroxylation is 2. The summed E-state index contributed by atoms with van der Waals surface area (Å²) < 4.78 is 3.89. The molecule has 6 nitrogen and oxygen atoms in total. The number of fused-ring (bicyclic) bond motifs is 2. The number of H-pyrrole nitrogens is 1. The zero-order chi connectivity index (χ0) is 17.8. The van der Waals surface area contributed by atoms with Gasteiger partial charge in [0.2, 0.25) is 0 Å². The fourth-order valence-electron chi connectivity index (χ4n) is 3.34. The Morgan fingerprint density at radius 3 is 2.68 bits per heavy atom. The van der Waals surface area contributed by atoms with E-state index in [0.717, 1.165) is 61.1 Å². The number of aromatic nitrogens is 4. The maximum atomic E-state index is 12.8. The smallest absolute Gasteiger partial charge is 0.262 e. The quantitative estimate of drug-likeness (QED) is 0.575. The van der Waals surface area contributed by atoms with Gasteiger partial charge in [-0.15, -0.1) is 0 Å². The Morgan fingerprint density at radius 2 is 1.96 bits per heavy atom. The Hall–Kier alpha value is -2.24. The Balaban J connectivity index is 2.16. The van der Waals surface area contributed by atoms with E-state index in [1.165, 1.54) is 12.8 Å². The number of anilines is 1. The Kier molecular flexibility index (Phi) is 5.46. The second kappa shape index (κ2) is 7.76. The SMILES string of the molecule is CCCCCn1[nH]cc2c(NCCC)c3c(=O)n(CCC)cc3nc21. The highest BCUT2D eigenvalue weighted by molar-refractivity contribution is 6.06. The number of unbranched alkanes of at least 4 members (excludes halogenated alkanes) is 2. The lowest BCUT2D eigenvalue weighted by Gasteiger charge is -2.08. The average molecular weight is 343 g/mol. The van der Waals surface area contributed by atoms with Crippen LogP contribution in [0.2, 0.25) is 0 Å². The van der Waals surface area contributed by atoms with Gasteiger partial charge in [0.05, 0.1) is 22.0 Å². The normalized spacial score (nSPS) is 11.6. The molecule has 0 aliphatic rings. The molecule has 25 heavy (non-hydrogen) atoms. The van der Waals surface area contributed by atoms with Crippen LogP contribution in [0.25, 0.3) is 21.9 Å². The summed E-state index contributed by atoms with van der Waals surface area (Å²) in [5, 5.41) is 8.51. The lowest BCUT2D eigenvalue weighted by molar-refractivity contribution is 0.564. The summed E-state index contributed by atoms with van der Waals surface area (Å²) in [7, 11) is 0. The number of hydrogen-bond donors (Lipinski definition) is 2. The van der Waals surface area contributed by atoms with E-state index in [0.29, 0.717) is 5.39 Å². The van der Waals surface area contributed by atoms with E-state index in [1.807, 2.05) is 12.4 Å². The molecule has 3 heterocycles. The van der Waals surface area contributed by atoms with Gasteiger partial charge >= 0.3 is 0 Å². The lowest BCUT2D eigenvalue weighted by Crippen LogP contribution is -2.15. The topological polar surface area (TPSA) is 67.6 Å². The number of hydrogen-bond acceptors (Lipinski definition) is 3. The minimum atomic E-state index is 0.0589. The van der Waals surface area contributed by atoms with E-state index in [9.17, 15) is 4.79 Å². The molecule has 3 rings (SSSR count). The Morgan fingerprint density at radius 1 is 1.12 bits per heavy atom. The van der Waals surface area contributed by atoms with Crippen molar-refractivity contribution in [3.63, 3.8) is 0 Å². The van der Waals surface area contributed by atoms with Gasteiger partial charge < -0.3 is 15.0 Å². The highest BCUT2D eigenvalue weighted by Crippen LogP contribution is 2.29. The number of nitrogens with one attached hydrogen (secondary N) is 2. The van der Waals surface area contributed by atoms with E-state index >= 15 is 0 Å². The molecule has 136 valence electrons. The van der Waals surface area contributed by atoms with Crippen molar-refractivity contribution < 1.29 is 0 Å². The largest absolute Gasteiger partial charge is 0.384 e. The van der Waals surface area contributed by atoms with Crippen LogP contribution >= 0.6 is 0 Å². The molecule has 2 N–H and O–H groups in total. The molecular weight excluding hydrogens is 314 g/mol. The van der Waals surface area contributed by atoms with Crippen molar-refractivity contribution in [2.75, 3.05) is 11.9 Å². The predicted molar refractivity (Wildman–Crippen MR) is 104 cm³/mol. The molecule has 0 aliphatic carbocycles. The van der Waals surface area contributed by atoms with E-state index in [-0.39, 0.29) is 5.56 Å². The molecular formula is C19H29N5O.